The van der Waals surface area contributed by atoms with Crippen molar-refractivity contribution in [2.45, 2.75) is 49.9 Å². The van der Waals surface area contributed by atoms with Crippen molar-refractivity contribution in [1.82, 2.24) is 4.90 Å². The van der Waals surface area contributed by atoms with Gasteiger partial charge in [0, 0.05) is 11.4 Å². The molecule has 7 heteroatoms. The average molecular weight is 456 g/mol. The number of nitrogens with zero attached hydrogens (tertiary/aromatic N) is 1. The van der Waals surface area contributed by atoms with E-state index in [4.69, 9.17) is 4.74 Å². The van der Waals surface area contributed by atoms with E-state index in [-0.39, 0.29) is 18.4 Å². The lowest BCUT2D eigenvalue weighted by atomic mass is 10.1. The number of carbonyl (C=O) groups excluding carboxylic acids is 3. The van der Waals surface area contributed by atoms with Crippen molar-refractivity contribution in [2.75, 3.05) is 6.54 Å². The molecule has 0 N–H and O–H groups in total. The fourth-order valence-corrected chi connectivity index (χ4v) is 4.15. The number of hydrogen-bond donors (Lipinski definition) is 0. The number of rotatable bonds is 6. The minimum absolute atomic E-state index is 0.107. The number of halogens is 1. The van der Waals surface area contributed by atoms with Crippen molar-refractivity contribution in [3.05, 3.63) is 71.0 Å². The highest BCUT2D eigenvalue weighted by molar-refractivity contribution is 8.01. The van der Waals surface area contributed by atoms with Crippen LogP contribution in [0.5, 0.6) is 0 Å². The standard InChI is InChI=1S/C25H26FNO4S/c1-24(2,3)31-23(30)25(4,5)32-20-15-16(12-13-19(20)26)9-8-14-27-21(28)17-10-6-7-11-18(17)22(27)29/h6-13,15H,14H2,1-5H3. The second kappa shape index (κ2) is 8.90. The van der Waals surface area contributed by atoms with Gasteiger partial charge in [-0.2, -0.15) is 0 Å². The van der Waals surface area contributed by atoms with Gasteiger partial charge in [-0.05, 0) is 64.4 Å². The van der Waals surface area contributed by atoms with Gasteiger partial charge in [0.25, 0.3) is 11.8 Å². The Labute approximate surface area is 191 Å². The van der Waals surface area contributed by atoms with Gasteiger partial charge in [0.05, 0.1) is 11.1 Å². The predicted molar refractivity (Wildman–Crippen MR) is 123 cm³/mol. The first-order valence-corrected chi connectivity index (χ1v) is 11.0. The highest BCUT2D eigenvalue weighted by atomic mass is 32.2. The number of esters is 1. The third-order valence-electron chi connectivity index (χ3n) is 4.69. The zero-order valence-electron chi connectivity index (χ0n) is 18.8. The number of amides is 2. The second-order valence-corrected chi connectivity index (χ2v) is 10.6. The maximum atomic E-state index is 14.4. The Bertz CT molecular complexity index is 1070. The van der Waals surface area contributed by atoms with Gasteiger partial charge in [-0.3, -0.25) is 19.3 Å². The maximum Gasteiger partial charge on any atom is 0.322 e. The topological polar surface area (TPSA) is 63.7 Å². The third-order valence-corrected chi connectivity index (χ3v) is 5.90. The fourth-order valence-electron chi connectivity index (χ4n) is 3.12. The van der Waals surface area contributed by atoms with Crippen molar-refractivity contribution in [3.8, 4) is 0 Å². The molecule has 32 heavy (non-hydrogen) atoms. The number of imide groups is 1. The zero-order valence-corrected chi connectivity index (χ0v) is 19.6. The van der Waals surface area contributed by atoms with Crippen LogP contribution in [0.15, 0.2) is 53.4 Å². The number of hydrogen-bond acceptors (Lipinski definition) is 5. The molecule has 168 valence electrons. The van der Waals surface area contributed by atoms with Crippen molar-refractivity contribution in [3.63, 3.8) is 0 Å². The van der Waals surface area contributed by atoms with E-state index in [0.29, 0.717) is 21.6 Å². The molecule has 0 unspecified atom stereocenters. The summed E-state index contributed by atoms with van der Waals surface area (Å²) in [5, 5.41) is 0. The Balaban J connectivity index is 1.71. The van der Waals surface area contributed by atoms with Gasteiger partial charge < -0.3 is 4.74 Å². The normalized spacial score (nSPS) is 14.2. The van der Waals surface area contributed by atoms with E-state index in [1.807, 2.05) is 0 Å². The number of fused-ring (bicyclic) bond motifs is 1. The molecule has 3 rings (SSSR count). The summed E-state index contributed by atoms with van der Waals surface area (Å²) in [7, 11) is 0. The molecule has 1 heterocycles. The summed E-state index contributed by atoms with van der Waals surface area (Å²) in [6, 6.07) is 11.3. The van der Waals surface area contributed by atoms with Gasteiger partial charge in [-0.1, -0.05) is 30.4 Å². The minimum atomic E-state index is -0.989. The Hall–Kier alpha value is -2.93. The van der Waals surface area contributed by atoms with E-state index in [1.54, 1.807) is 83.2 Å². The summed E-state index contributed by atoms with van der Waals surface area (Å²) in [4.78, 5) is 38.9. The molecule has 0 saturated carbocycles. The minimum Gasteiger partial charge on any atom is -0.459 e. The molecule has 0 saturated heterocycles. The molecule has 2 aromatic carbocycles. The summed E-state index contributed by atoms with van der Waals surface area (Å²) in [6.45, 7) is 8.84. The smallest absolute Gasteiger partial charge is 0.322 e. The van der Waals surface area contributed by atoms with Crippen molar-refractivity contribution in [2.24, 2.45) is 0 Å². The lowest BCUT2D eigenvalue weighted by molar-refractivity contribution is -0.156. The molecular weight excluding hydrogens is 429 g/mol. The molecule has 0 spiro atoms. The lowest BCUT2D eigenvalue weighted by Gasteiger charge is -2.28. The highest BCUT2D eigenvalue weighted by Gasteiger charge is 2.35. The number of carbonyl (C=O) groups is 3. The van der Waals surface area contributed by atoms with E-state index < -0.39 is 22.1 Å². The molecule has 1 aliphatic heterocycles. The van der Waals surface area contributed by atoms with E-state index in [9.17, 15) is 18.8 Å². The van der Waals surface area contributed by atoms with Crippen LogP contribution in [-0.2, 0) is 9.53 Å². The van der Waals surface area contributed by atoms with Gasteiger partial charge in [0.2, 0.25) is 0 Å². The molecule has 5 nitrogen and oxygen atoms in total. The molecule has 1 aliphatic rings. The number of thioether (sulfide) groups is 1. The van der Waals surface area contributed by atoms with Crippen LogP contribution in [0.3, 0.4) is 0 Å². The van der Waals surface area contributed by atoms with Crippen LogP contribution in [-0.4, -0.2) is 39.6 Å². The second-order valence-electron chi connectivity index (χ2n) is 8.97. The molecule has 0 aromatic heterocycles. The molecule has 0 atom stereocenters. The van der Waals surface area contributed by atoms with E-state index >= 15 is 0 Å². The van der Waals surface area contributed by atoms with Gasteiger partial charge in [0.15, 0.2) is 0 Å². The zero-order chi connectivity index (χ0) is 23.7. The molecule has 0 radical (unpaired) electrons. The Kier molecular flexibility index (Phi) is 6.60. The van der Waals surface area contributed by atoms with Crippen LogP contribution in [0, 0.1) is 5.82 Å². The van der Waals surface area contributed by atoms with E-state index in [1.165, 1.54) is 11.0 Å². The predicted octanol–water partition coefficient (Wildman–Crippen LogP) is 5.35. The molecule has 2 aromatic rings. The van der Waals surface area contributed by atoms with E-state index in [0.717, 1.165) is 11.8 Å². The number of ether oxygens (including phenoxy) is 1. The molecular formula is C25H26FNO4S. The first-order valence-electron chi connectivity index (χ1n) is 10.2. The van der Waals surface area contributed by atoms with Crippen molar-refractivity contribution >= 4 is 35.6 Å². The Morgan fingerprint density at radius 2 is 1.62 bits per heavy atom. The van der Waals surface area contributed by atoms with E-state index in [2.05, 4.69) is 0 Å². The summed E-state index contributed by atoms with van der Waals surface area (Å²) in [5.74, 6) is -1.53. The highest BCUT2D eigenvalue weighted by Crippen LogP contribution is 2.36. The van der Waals surface area contributed by atoms with Crippen molar-refractivity contribution in [1.29, 1.82) is 0 Å². The Morgan fingerprint density at radius 3 is 2.19 bits per heavy atom. The summed E-state index contributed by atoms with van der Waals surface area (Å²) >= 11 is 1.08. The lowest BCUT2D eigenvalue weighted by Crippen LogP contribution is -2.36. The van der Waals surface area contributed by atoms with Gasteiger partial charge in [-0.25, -0.2) is 4.39 Å². The molecule has 0 bridgehead atoms. The fraction of sp³-hybridized carbons (Fsp3) is 0.320. The third kappa shape index (κ3) is 5.27. The SMILES string of the molecule is CC(C)(C)OC(=O)C(C)(C)Sc1cc(C=CCN2C(=O)c3ccccc3C2=O)ccc1F. The van der Waals surface area contributed by atoms with Crippen LogP contribution in [0.4, 0.5) is 4.39 Å². The van der Waals surface area contributed by atoms with Crippen LogP contribution in [0.25, 0.3) is 6.08 Å². The van der Waals surface area contributed by atoms with Gasteiger partial charge in [0.1, 0.15) is 16.2 Å². The molecule has 0 aliphatic carbocycles. The molecule has 2 amide bonds. The van der Waals surface area contributed by atoms with Crippen LogP contribution in [0.1, 0.15) is 60.9 Å². The monoisotopic (exact) mass is 455 g/mol. The first kappa shape index (κ1) is 23.7. The summed E-state index contributed by atoms with van der Waals surface area (Å²) in [5.41, 5.74) is 0.847. The van der Waals surface area contributed by atoms with Crippen LogP contribution in [0.2, 0.25) is 0 Å². The summed E-state index contributed by atoms with van der Waals surface area (Å²) < 4.78 is 18.9. The number of benzene rings is 2. The Morgan fingerprint density at radius 1 is 1.03 bits per heavy atom. The van der Waals surface area contributed by atoms with Gasteiger partial charge >= 0.3 is 5.97 Å². The largest absolute Gasteiger partial charge is 0.459 e. The average Bonchev–Trinajstić information content (AvgIpc) is 2.94. The van der Waals surface area contributed by atoms with Crippen molar-refractivity contribution < 1.29 is 23.5 Å². The first-order chi connectivity index (χ1) is 14.9. The summed E-state index contributed by atoms with van der Waals surface area (Å²) in [6.07, 6.45) is 3.40. The quantitative estimate of drug-likeness (QED) is 0.334. The van der Waals surface area contributed by atoms with Crippen LogP contribution < -0.4 is 0 Å². The molecule has 0 fully saturated rings. The van der Waals surface area contributed by atoms with Crippen LogP contribution >= 0.6 is 11.8 Å². The van der Waals surface area contributed by atoms with Gasteiger partial charge in [-0.15, -0.1) is 11.8 Å². The maximum absolute atomic E-state index is 14.4.